The molecule has 370 valence electrons. The number of carboxylic acid groups (broad SMARTS) is 1. The van der Waals surface area contributed by atoms with Crippen LogP contribution in [0.15, 0.2) is 36.4 Å². The summed E-state index contributed by atoms with van der Waals surface area (Å²) in [5.74, 6) is -3.33. The van der Waals surface area contributed by atoms with Gasteiger partial charge in [0.05, 0.1) is 29.3 Å². The van der Waals surface area contributed by atoms with Crippen LogP contribution in [0.25, 0.3) is 33.5 Å². The Labute approximate surface area is 393 Å². The molecule has 5 unspecified atom stereocenters. The largest absolute Gasteiger partial charge is 0.465 e. The summed E-state index contributed by atoms with van der Waals surface area (Å²) in [6.45, 7) is 13.4. The molecule has 0 aliphatic carbocycles. The van der Waals surface area contributed by atoms with E-state index in [0.717, 1.165) is 4.90 Å². The van der Waals surface area contributed by atoms with Gasteiger partial charge in [-0.2, -0.15) is 0 Å². The monoisotopic (exact) mass is 951 g/mol. The Morgan fingerprint density at radius 1 is 0.912 bits per heavy atom. The van der Waals surface area contributed by atoms with Crippen LogP contribution in [0.2, 0.25) is 0 Å². The van der Waals surface area contributed by atoms with Crippen LogP contribution >= 0.6 is 0 Å². The first-order valence-corrected chi connectivity index (χ1v) is 23.1. The lowest BCUT2D eigenvalue weighted by atomic mass is 9.99. The molecule has 4 N–H and O–H groups in total. The standard InChI is InChI=1S/C48H64F3N9O8/c1-11-35(54-42(61)27(5)57(10)47(67)68-48(6,7)8)44(63)58-18-12-13-31(58)22-34-33-16-14-28(49)20-36(33)52-40(34)41-53-37-21-29(50)15-17-38(37)60(41)24-32-19-30(51)23-59(32)45(64)39(25(2)3)55-43(62)26(4)56(9)46(65)66/h14-17,20-21,25-27,30-32,35,39,52H,11-13,18-19,22-24H2,1-10H3,(H,54,61)(H,55,62)(H,65,66)/t26?,27?,30-,31?,32-,35?,39?/m0/s1. The molecule has 2 fully saturated rings. The molecular weight excluding hydrogens is 888 g/mol. The summed E-state index contributed by atoms with van der Waals surface area (Å²) in [7, 11) is 2.69. The highest BCUT2D eigenvalue weighted by Gasteiger charge is 2.42. The minimum absolute atomic E-state index is 0.0167. The molecule has 2 aromatic carbocycles. The molecule has 2 aliphatic heterocycles. The Kier molecular flexibility index (Phi) is 15.4. The first kappa shape index (κ1) is 51.1. The average Bonchev–Trinajstić information content (AvgIpc) is 4.06. The predicted molar refractivity (Wildman–Crippen MR) is 248 cm³/mol. The summed E-state index contributed by atoms with van der Waals surface area (Å²) >= 11 is 0. The van der Waals surface area contributed by atoms with E-state index in [9.17, 15) is 42.7 Å². The molecule has 0 spiro atoms. The maximum absolute atomic E-state index is 15.6. The van der Waals surface area contributed by atoms with Gasteiger partial charge in [0, 0.05) is 56.6 Å². The number of hydrogen-bond donors (Lipinski definition) is 4. The zero-order valence-electron chi connectivity index (χ0n) is 40.4. The molecule has 2 saturated heterocycles. The molecule has 20 heteroatoms. The number of ether oxygens (including phenoxy) is 1. The van der Waals surface area contributed by atoms with Gasteiger partial charge in [0.25, 0.3) is 0 Å². The third-order valence-electron chi connectivity index (χ3n) is 13.1. The quantitative estimate of drug-likeness (QED) is 0.107. The van der Waals surface area contributed by atoms with Gasteiger partial charge in [0.15, 0.2) is 5.82 Å². The Morgan fingerprint density at radius 2 is 1.56 bits per heavy atom. The molecule has 2 aromatic heterocycles. The minimum Gasteiger partial charge on any atom is -0.465 e. The summed E-state index contributed by atoms with van der Waals surface area (Å²) in [6.07, 6.45) is -1.73. The fraction of sp³-hybridized carbons (Fsp3) is 0.562. The molecule has 2 aliphatic rings. The number of carbonyl (C=O) groups excluding carboxylic acids is 5. The van der Waals surface area contributed by atoms with Crippen LogP contribution in [0, 0.1) is 17.6 Å². The van der Waals surface area contributed by atoms with Gasteiger partial charge in [-0.15, -0.1) is 0 Å². The van der Waals surface area contributed by atoms with Gasteiger partial charge < -0.3 is 39.8 Å². The molecule has 6 rings (SSSR count). The van der Waals surface area contributed by atoms with Gasteiger partial charge in [-0.05, 0) is 102 Å². The van der Waals surface area contributed by atoms with Crippen LogP contribution < -0.4 is 10.6 Å². The number of alkyl halides is 1. The van der Waals surface area contributed by atoms with Crippen LogP contribution in [0.5, 0.6) is 0 Å². The number of likely N-dealkylation sites (N-methyl/N-ethyl adjacent to an activating group) is 2. The van der Waals surface area contributed by atoms with E-state index >= 15 is 4.39 Å². The van der Waals surface area contributed by atoms with Gasteiger partial charge >= 0.3 is 12.2 Å². The van der Waals surface area contributed by atoms with Gasteiger partial charge in [-0.1, -0.05) is 20.8 Å². The van der Waals surface area contributed by atoms with Crippen LogP contribution in [0.3, 0.4) is 0 Å². The molecular formula is C48H64F3N9O8. The van der Waals surface area contributed by atoms with Crippen molar-refractivity contribution < 1.29 is 51.8 Å². The van der Waals surface area contributed by atoms with Gasteiger partial charge in [0.1, 0.15) is 47.6 Å². The highest BCUT2D eigenvalue weighted by atomic mass is 19.1. The van der Waals surface area contributed by atoms with E-state index in [1.54, 1.807) is 64.0 Å². The summed E-state index contributed by atoms with van der Waals surface area (Å²) in [4.78, 5) is 93.1. The highest BCUT2D eigenvalue weighted by Crippen LogP contribution is 2.37. The van der Waals surface area contributed by atoms with E-state index in [4.69, 9.17) is 9.72 Å². The van der Waals surface area contributed by atoms with Crippen LogP contribution in [-0.2, 0) is 36.9 Å². The number of rotatable bonds is 15. The number of amides is 6. The minimum atomic E-state index is -1.43. The molecule has 7 atom stereocenters. The second-order valence-electron chi connectivity index (χ2n) is 19.4. The highest BCUT2D eigenvalue weighted by molar-refractivity contribution is 5.94. The van der Waals surface area contributed by atoms with Crippen molar-refractivity contribution in [2.24, 2.45) is 5.92 Å². The molecule has 6 amide bonds. The summed E-state index contributed by atoms with van der Waals surface area (Å²) in [5, 5.41) is 15.6. The van der Waals surface area contributed by atoms with E-state index in [1.165, 1.54) is 61.2 Å². The molecule has 68 heavy (non-hydrogen) atoms. The van der Waals surface area contributed by atoms with E-state index in [-0.39, 0.29) is 49.8 Å². The maximum atomic E-state index is 15.6. The van der Waals surface area contributed by atoms with Gasteiger partial charge in [0.2, 0.25) is 23.6 Å². The number of aromatic amines is 1. The first-order valence-electron chi connectivity index (χ1n) is 23.1. The average molecular weight is 952 g/mol. The van der Waals surface area contributed by atoms with Crippen molar-refractivity contribution in [3.8, 4) is 11.5 Å². The van der Waals surface area contributed by atoms with Gasteiger partial charge in [-0.3, -0.25) is 29.0 Å². The maximum Gasteiger partial charge on any atom is 0.410 e. The zero-order chi connectivity index (χ0) is 50.1. The lowest BCUT2D eigenvalue weighted by Crippen LogP contribution is -2.56. The Hall–Kier alpha value is -6.34. The van der Waals surface area contributed by atoms with E-state index < -0.39 is 89.4 Å². The molecule has 17 nitrogen and oxygen atoms in total. The third kappa shape index (κ3) is 11.0. The first-order chi connectivity index (χ1) is 31.9. The van der Waals surface area contributed by atoms with Crippen molar-refractivity contribution in [2.45, 2.75) is 142 Å². The second kappa shape index (κ2) is 20.5. The third-order valence-corrected chi connectivity index (χ3v) is 13.1. The van der Waals surface area contributed by atoms with E-state index in [1.807, 2.05) is 0 Å². The van der Waals surface area contributed by atoms with Gasteiger partial charge in [-0.25, -0.2) is 27.7 Å². The SMILES string of the molecule is CCC(NC(=O)C(C)N(C)C(=O)OC(C)(C)C)C(=O)N1CCCC1Cc1c(-c2nc3cc(F)ccc3n2C[C@@H]2C[C@H](F)CN2C(=O)C(NC(=O)C(C)N(C)C(=O)O)C(C)C)[nH]c2cc(F)ccc12. The predicted octanol–water partition coefficient (Wildman–Crippen LogP) is 6.22. The summed E-state index contributed by atoms with van der Waals surface area (Å²) in [6, 6.07) is 3.08. The number of aromatic nitrogens is 3. The number of likely N-dealkylation sites (tertiary alicyclic amines) is 2. The Morgan fingerprint density at radius 3 is 2.21 bits per heavy atom. The van der Waals surface area contributed by atoms with Crippen LogP contribution in [0.4, 0.5) is 22.8 Å². The van der Waals surface area contributed by atoms with Crippen molar-refractivity contribution in [1.29, 1.82) is 0 Å². The van der Waals surface area contributed by atoms with E-state index in [0.29, 0.717) is 52.9 Å². The molecule has 0 saturated carbocycles. The Bertz CT molecular complexity index is 2560. The number of carbonyl (C=O) groups is 6. The fourth-order valence-electron chi connectivity index (χ4n) is 9.00. The summed E-state index contributed by atoms with van der Waals surface area (Å²) < 4.78 is 52.6. The fourth-order valence-corrected chi connectivity index (χ4v) is 9.00. The molecule has 0 bridgehead atoms. The number of halogens is 3. The lowest BCUT2D eigenvalue weighted by Gasteiger charge is -2.32. The number of benzene rings is 2. The smallest absolute Gasteiger partial charge is 0.410 e. The number of imidazole rings is 1. The van der Waals surface area contributed by atoms with Crippen molar-refractivity contribution in [2.75, 3.05) is 27.2 Å². The lowest BCUT2D eigenvalue weighted by molar-refractivity contribution is -0.139. The molecule has 0 radical (unpaired) electrons. The number of fused-ring (bicyclic) bond motifs is 2. The normalized spacial score (nSPS) is 19.2. The zero-order valence-corrected chi connectivity index (χ0v) is 40.4. The van der Waals surface area contributed by atoms with Crippen LogP contribution in [0.1, 0.15) is 86.6 Å². The van der Waals surface area contributed by atoms with Crippen molar-refractivity contribution in [3.05, 3.63) is 53.6 Å². The van der Waals surface area contributed by atoms with Crippen LogP contribution in [-0.4, -0.2) is 150 Å². The van der Waals surface area contributed by atoms with Crippen molar-refractivity contribution >= 4 is 57.8 Å². The second-order valence-corrected chi connectivity index (χ2v) is 19.4. The summed E-state index contributed by atoms with van der Waals surface area (Å²) in [5.41, 5.74) is 1.50. The number of nitrogens with one attached hydrogen (secondary N) is 3. The molecule has 4 aromatic rings. The topological polar surface area (TPSA) is 203 Å². The molecule has 4 heterocycles. The Balaban J connectivity index is 1.33. The number of hydrogen-bond acceptors (Lipinski definition) is 8. The number of H-pyrrole nitrogens is 1. The number of nitrogens with zero attached hydrogens (tertiary/aromatic N) is 6. The van der Waals surface area contributed by atoms with Crippen molar-refractivity contribution in [3.63, 3.8) is 0 Å². The van der Waals surface area contributed by atoms with Crippen molar-refractivity contribution in [1.82, 2.24) is 44.8 Å². The van der Waals surface area contributed by atoms with E-state index in [2.05, 4.69) is 15.6 Å².